The van der Waals surface area contributed by atoms with Crippen molar-refractivity contribution in [1.82, 2.24) is 20.9 Å². The number of carbonyl (C=O) groups is 2. The molecule has 1 aromatic heterocycles. The highest BCUT2D eigenvalue weighted by Crippen LogP contribution is 2.31. The zero-order valence-corrected chi connectivity index (χ0v) is 18.0. The van der Waals surface area contributed by atoms with Gasteiger partial charge in [0.2, 0.25) is 0 Å². The summed E-state index contributed by atoms with van der Waals surface area (Å²) in [6.45, 7) is 3.11. The number of hydrogen-bond acceptors (Lipinski definition) is 8. The maximum absolute atomic E-state index is 14.9. The molecule has 178 valence electrons. The third-order valence-corrected chi connectivity index (χ3v) is 5.39. The van der Waals surface area contributed by atoms with Gasteiger partial charge in [0.1, 0.15) is 23.2 Å². The predicted octanol–water partition coefficient (Wildman–Crippen LogP) is 1.08. The molecular weight excluding hydrogens is 440 g/mol. The lowest BCUT2D eigenvalue weighted by Crippen LogP contribution is -2.48. The molecule has 2 fully saturated rings. The molecule has 33 heavy (non-hydrogen) atoms. The van der Waals surface area contributed by atoms with E-state index in [-0.39, 0.29) is 57.2 Å². The molecule has 2 aliphatic heterocycles. The van der Waals surface area contributed by atoms with Gasteiger partial charge in [0.15, 0.2) is 11.6 Å². The molecule has 3 heterocycles. The minimum Gasteiger partial charge on any atom is -0.443 e. The Labute approximate surface area is 188 Å². The van der Waals surface area contributed by atoms with Crippen LogP contribution in [0.4, 0.5) is 29.7 Å². The van der Waals surface area contributed by atoms with Crippen molar-refractivity contribution in [3.63, 3.8) is 0 Å². The maximum atomic E-state index is 14.9. The summed E-state index contributed by atoms with van der Waals surface area (Å²) in [6, 6.07) is 3.52. The van der Waals surface area contributed by atoms with E-state index in [1.165, 1.54) is 9.91 Å². The zero-order chi connectivity index (χ0) is 23.5. The van der Waals surface area contributed by atoms with Crippen LogP contribution in [0.15, 0.2) is 22.7 Å². The molecule has 4 N–H and O–H groups in total. The Kier molecular flexibility index (Phi) is 6.60. The number of nitrogens with one attached hydrogen (secondary N) is 2. The Bertz CT molecular complexity index is 1010. The fourth-order valence-electron chi connectivity index (χ4n) is 3.76. The van der Waals surface area contributed by atoms with E-state index in [9.17, 15) is 18.4 Å². The Hall–Kier alpha value is -3.45. The fraction of sp³-hybridized carbons (Fsp3) is 0.450. The van der Waals surface area contributed by atoms with Gasteiger partial charge < -0.3 is 25.2 Å². The van der Waals surface area contributed by atoms with E-state index in [4.69, 9.17) is 15.0 Å². The lowest BCUT2D eigenvalue weighted by Gasteiger charge is -2.25. The van der Waals surface area contributed by atoms with Gasteiger partial charge in [-0.3, -0.25) is 9.91 Å². The number of rotatable bonds is 5. The number of aromatic nitrogens is 1. The Morgan fingerprint density at radius 3 is 2.67 bits per heavy atom. The smallest absolute Gasteiger partial charge is 0.414 e. The molecular formula is C20H25F2N7O4. The van der Waals surface area contributed by atoms with E-state index >= 15 is 0 Å². The first-order chi connectivity index (χ1) is 15.9. The largest absolute Gasteiger partial charge is 0.443 e. The molecule has 0 unspecified atom stereocenters. The summed E-state index contributed by atoms with van der Waals surface area (Å²) in [6.07, 6.45) is -1.22. The molecule has 1 aromatic carbocycles. The van der Waals surface area contributed by atoms with E-state index in [0.29, 0.717) is 11.5 Å². The second-order valence-corrected chi connectivity index (χ2v) is 7.74. The van der Waals surface area contributed by atoms with Crippen LogP contribution in [0, 0.1) is 18.6 Å². The first-order valence-corrected chi connectivity index (χ1v) is 10.5. The normalized spacial score (nSPS) is 19.0. The van der Waals surface area contributed by atoms with Crippen LogP contribution < -0.4 is 26.3 Å². The number of anilines is 2. The van der Waals surface area contributed by atoms with Crippen LogP contribution in [0.2, 0.25) is 0 Å². The molecule has 0 aliphatic carbocycles. The van der Waals surface area contributed by atoms with Gasteiger partial charge in [0.25, 0.3) is 0 Å². The van der Waals surface area contributed by atoms with E-state index in [0.717, 1.165) is 17.0 Å². The quantitative estimate of drug-likeness (QED) is 0.598. The average molecular weight is 465 g/mol. The summed E-state index contributed by atoms with van der Waals surface area (Å²) >= 11 is 0. The van der Waals surface area contributed by atoms with Gasteiger partial charge in [0.05, 0.1) is 25.3 Å². The highest BCUT2D eigenvalue weighted by Gasteiger charge is 2.33. The SMILES string of the molecule is Cc1cc(CNC(=O)N2CCN(c3c(F)cc(N4C[C@H](CN)OC4=O)cc3F)CCN2)no1. The molecule has 0 saturated carbocycles. The Balaban J connectivity index is 1.40. The number of ether oxygens (including phenoxy) is 1. The van der Waals surface area contributed by atoms with Crippen molar-refractivity contribution >= 4 is 23.5 Å². The summed E-state index contributed by atoms with van der Waals surface area (Å²) < 4.78 is 39.9. The number of amides is 3. The Morgan fingerprint density at radius 1 is 1.27 bits per heavy atom. The monoisotopic (exact) mass is 465 g/mol. The zero-order valence-electron chi connectivity index (χ0n) is 18.0. The number of carbonyl (C=O) groups excluding carboxylic acids is 2. The summed E-state index contributed by atoms with van der Waals surface area (Å²) in [5.74, 6) is -0.986. The Morgan fingerprint density at radius 2 is 2.03 bits per heavy atom. The minimum atomic E-state index is -0.812. The van der Waals surface area contributed by atoms with Gasteiger partial charge in [0, 0.05) is 44.4 Å². The molecule has 0 radical (unpaired) electrons. The van der Waals surface area contributed by atoms with Gasteiger partial charge in [-0.05, 0) is 6.92 Å². The second-order valence-electron chi connectivity index (χ2n) is 7.74. The van der Waals surface area contributed by atoms with Crippen LogP contribution in [0.5, 0.6) is 0 Å². The van der Waals surface area contributed by atoms with Crippen molar-refractivity contribution in [2.45, 2.75) is 19.6 Å². The molecule has 13 heteroatoms. The lowest BCUT2D eigenvalue weighted by molar-refractivity contribution is 0.145. The average Bonchev–Trinajstić information content (AvgIpc) is 3.28. The number of aryl methyl sites for hydroxylation is 1. The van der Waals surface area contributed by atoms with Gasteiger partial charge in [-0.1, -0.05) is 5.16 Å². The van der Waals surface area contributed by atoms with Crippen LogP contribution in [0.25, 0.3) is 0 Å². The first-order valence-electron chi connectivity index (χ1n) is 10.5. The highest BCUT2D eigenvalue weighted by molar-refractivity contribution is 5.90. The van der Waals surface area contributed by atoms with Crippen LogP contribution in [-0.4, -0.2) is 67.7 Å². The molecule has 2 aromatic rings. The third-order valence-electron chi connectivity index (χ3n) is 5.39. The highest BCUT2D eigenvalue weighted by atomic mass is 19.1. The van der Waals surface area contributed by atoms with E-state index in [1.54, 1.807) is 13.0 Å². The van der Waals surface area contributed by atoms with Gasteiger partial charge in [-0.25, -0.2) is 23.8 Å². The number of halogens is 2. The van der Waals surface area contributed by atoms with Crippen LogP contribution in [-0.2, 0) is 11.3 Å². The first kappa shape index (κ1) is 22.7. The topological polar surface area (TPSA) is 129 Å². The number of nitrogens with zero attached hydrogens (tertiary/aromatic N) is 4. The van der Waals surface area contributed by atoms with Crippen molar-refractivity contribution in [3.05, 3.63) is 41.3 Å². The summed E-state index contributed by atoms with van der Waals surface area (Å²) in [7, 11) is 0. The standard InChI is InChI=1S/C20H25F2N7O4/c1-12-6-13(26-33-12)10-24-19(30)29-5-4-27(3-2-25-29)18-16(21)7-14(8-17(18)22)28-11-15(9-23)32-20(28)31/h6-8,15,25H,2-5,9-11,23H2,1H3,(H,24,30)/t15-/m0/s1. The summed E-state index contributed by atoms with van der Waals surface area (Å²) in [5, 5.41) is 7.88. The van der Waals surface area contributed by atoms with Gasteiger partial charge >= 0.3 is 12.1 Å². The van der Waals surface area contributed by atoms with Crippen LogP contribution >= 0.6 is 0 Å². The lowest BCUT2D eigenvalue weighted by atomic mass is 10.2. The van der Waals surface area contributed by atoms with Crippen molar-refractivity contribution < 1.29 is 27.6 Å². The predicted molar refractivity (Wildman–Crippen MR) is 113 cm³/mol. The number of cyclic esters (lactones) is 1. The number of hydrazine groups is 1. The van der Waals surface area contributed by atoms with Crippen molar-refractivity contribution in [2.24, 2.45) is 5.73 Å². The molecule has 0 bridgehead atoms. The molecule has 0 spiro atoms. The second kappa shape index (κ2) is 9.58. The van der Waals surface area contributed by atoms with Crippen molar-refractivity contribution in [1.29, 1.82) is 0 Å². The fourth-order valence-corrected chi connectivity index (χ4v) is 3.76. The van der Waals surface area contributed by atoms with E-state index < -0.39 is 29.9 Å². The number of urea groups is 1. The molecule has 1 atom stereocenters. The number of hydrogen-bond donors (Lipinski definition) is 3. The van der Waals surface area contributed by atoms with E-state index in [2.05, 4.69) is 15.9 Å². The van der Waals surface area contributed by atoms with Crippen molar-refractivity contribution in [3.8, 4) is 0 Å². The maximum Gasteiger partial charge on any atom is 0.414 e. The van der Waals surface area contributed by atoms with Crippen LogP contribution in [0.1, 0.15) is 11.5 Å². The van der Waals surface area contributed by atoms with E-state index in [1.807, 2.05) is 0 Å². The summed E-state index contributed by atoms with van der Waals surface area (Å²) in [5.41, 5.74) is 8.88. The van der Waals surface area contributed by atoms with Crippen LogP contribution in [0.3, 0.4) is 0 Å². The third kappa shape index (κ3) is 4.98. The minimum absolute atomic E-state index is 0.0618. The summed E-state index contributed by atoms with van der Waals surface area (Å²) in [4.78, 5) is 27.1. The number of nitrogens with two attached hydrogens (primary N) is 1. The van der Waals surface area contributed by atoms with Gasteiger partial charge in [-0.2, -0.15) is 0 Å². The van der Waals surface area contributed by atoms with Gasteiger partial charge in [-0.15, -0.1) is 0 Å². The molecule has 3 amide bonds. The number of benzene rings is 1. The molecule has 2 saturated heterocycles. The molecule has 11 nitrogen and oxygen atoms in total. The molecule has 2 aliphatic rings. The molecule has 4 rings (SSSR count). The van der Waals surface area contributed by atoms with Crippen molar-refractivity contribution in [2.75, 3.05) is 49.1 Å².